The number of para-hydroxylation sites is 1. The minimum atomic E-state index is -0.406. The largest absolute Gasteiger partial charge is 0.356 e. The highest BCUT2D eigenvalue weighted by atomic mass is 16.6. The number of nitro benzene ring substituents is 1. The molecule has 0 aliphatic carbocycles. The van der Waals surface area contributed by atoms with Crippen LogP contribution in [0, 0.1) is 10.1 Å². The molecular formula is C25H24N4O3. The Morgan fingerprint density at radius 1 is 1.12 bits per heavy atom. The number of hydrogen-bond donors (Lipinski definition) is 1. The van der Waals surface area contributed by atoms with E-state index in [1.807, 2.05) is 66.3 Å². The summed E-state index contributed by atoms with van der Waals surface area (Å²) in [6.45, 7) is 0.479. The van der Waals surface area contributed by atoms with Crippen molar-refractivity contribution in [3.63, 3.8) is 0 Å². The van der Waals surface area contributed by atoms with Crippen molar-refractivity contribution in [1.82, 2.24) is 14.9 Å². The summed E-state index contributed by atoms with van der Waals surface area (Å²) in [5.41, 5.74) is 3.70. The van der Waals surface area contributed by atoms with Gasteiger partial charge in [-0.15, -0.1) is 0 Å². The number of aryl methyl sites for hydroxylation is 1. The van der Waals surface area contributed by atoms with Gasteiger partial charge in [-0.05, 0) is 29.3 Å². The van der Waals surface area contributed by atoms with Crippen molar-refractivity contribution in [2.75, 3.05) is 6.54 Å². The number of amides is 1. The Labute approximate surface area is 185 Å². The highest BCUT2D eigenvalue weighted by Gasteiger charge is 2.23. The van der Waals surface area contributed by atoms with E-state index in [9.17, 15) is 14.9 Å². The number of non-ortho nitro benzene ring substituents is 1. The van der Waals surface area contributed by atoms with Gasteiger partial charge < -0.3 is 9.88 Å². The van der Waals surface area contributed by atoms with Gasteiger partial charge in [0.1, 0.15) is 0 Å². The Kier molecular flexibility index (Phi) is 6.26. The van der Waals surface area contributed by atoms with Crippen LogP contribution in [0.3, 0.4) is 0 Å². The first-order valence-corrected chi connectivity index (χ1v) is 10.5. The molecule has 2 heterocycles. The van der Waals surface area contributed by atoms with Crippen molar-refractivity contribution >= 4 is 22.5 Å². The van der Waals surface area contributed by atoms with Crippen LogP contribution in [-0.2, 0) is 18.3 Å². The fourth-order valence-electron chi connectivity index (χ4n) is 4.05. The van der Waals surface area contributed by atoms with Gasteiger partial charge in [0, 0.05) is 73.5 Å². The molecule has 0 radical (unpaired) electrons. The number of rotatable bonds is 8. The Morgan fingerprint density at radius 3 is 2.72 bits per heavy atom. The molecule has 2 aromatic heterocycles. The molecule has 0 saturated heterocycles. The molecule has 7 nitrogen and oxygen atoms in total. The number of nitro groups is 1. The lowest BCUT2D eigenvalue weighted by Crippen LogP contribution is -2.27. The topological polar surface area (TPSA) is 90.1 Å². The first-order chi connectivity index (χ1) is 15.5. The number of pyridine rings is 1. The molecular weight excluding hydrogens is 404 g/mol. The molecule has 4 rings (SSSR count). The zero-order valence-corrected chi connectivity index (χ0v) is 17.8. The Balaban J connectivity index is 1.61. The average Bonchev–Trinajstić information content (AvgIpc) is 3.15. The van der Waals surface area contributed by atoms with Crippen LogP contribution in [0.25, 0.3) is 10.9 Å². The first-order valence-electron chi connectivity index (χ1n) is 10.5. The van der Waals surface area contributed by atoms with Gasteiger partial charge in [-0.1, -0.05) is 36.4 Å². The summed E-state index contributed by atoms with van der Waals surface area (Å²) in [5.74, 6) is -0.416. The van der Waals surface area contributed by atoms with Crippen LogP contribution in [-0.4, -0.2) is 26.9 Å². The van der Waals surface area contributed by atoms with Crippen molar-refractivity contribution in [1.29, 1.82) is 0 Å². The second-order valence-corrected chi connectivity index (χ2v) is 7.74. The van der Waals surface area contributed by atoms with Gasteiger partial charge in [-0.2, -0.15) is 0 Å². The van der Waals surface area contributed by atoms with E-state index in [-0.39, 0.29) is 23.9 Å². The molecule has 7 heteroatoms. The third-order valence-electron chi connectivity index (χ3n) is 5.61. The van der Waals surface area contributed by atoms with Crippen LogP contribution >= 0.6 is 0 Å². The fraction of sp³-hybridized carbons (Fsp3) is 0.200. The molecule has 0 aliphatic heterocycles. The highest BCUT2D eigenvalue weighted by molar-refractivity contribution is 5.86. The van der Waals surface area contributed by atoms with E-state index in [2.05, 4.69) is 10.3 Å². The van der Waals surface area contributed by atoms with E-state index in [0.29, 0.717) is 13.0 Å². The predicted molar refractivity (Wildman–Crippen MR) is 123 cm³/mol. The van der Waals surface area contributed by atoms with Crippen molar-refractivity contribution in [2.24, 2.45) is 7.05 Å². The summed E-state index contributed by atoms with van der Waals surface area (Å²) in [5, 5.41) is 15.4. The van der Waals surface area contributed by atoms with E-state index in [1.54, 1.807) is 18.3 Å². The quantitative estimate of drug-likeness (QED) is 0.333. The first kappa shape index (κ1) is 21.2. The van der Waals surface area contributed by atoms with Crippen molar-refractivity contribution < 1.29 is 9.72 Å². The van der Waals surface area contributed by atoms with Crippen LogP contribution in [0.1, 0.15) is 29.2 Å². The molecule has 1 amide bonds. The molecule has 32 heavy (non-hydrogen) atoms. The monoisotopic (exact) mass is 428 g/mol. The third-order valence-corrected chi connectivity index (χ3v) is 5.61. The van der Waals surface area contributed by atoms with Gasteiger partial charge in [0.15, 0.2) is 0 Å². The van der Waals surface area contributed by atoms with Gasteiger partial charge >= 0.3 is 0 Å². The number of carbonyl (C=O) groups is 1. The number of fused-ring (bicyclic) bond motifs is 1. The molecule has 0 aliphatic rings. The predicted octanol–water partition coefficient (Wildman–Crippen LogP) is 4.36. The lowest BCUT2D eigenvalue weighted by atomic mass is 9.87. The Morgan fingerprint density at radius 2 is 1.94 bits per heavy atom. The molecule has 162 valence electrons. The second-order valence-electron chi connectivity index (χ2n) is 7.74. The third kappa shape index (κ3) is 4.67. The maximum atomic E-state index is 12.9. The SMILES string of the molecule is Cn1cc([C@@H](CC(=O)NCCc2ccccn2)c2cccc([N+](=O)[O-])c2)c2ccccc21. The summed E-state index contributed by atoms with van der Waals surface area (Å²) in [4.78, 5) is 28.1. The van der Waals surface area contributed by atoms with Gasteiger partial charge in [-0.25, -0.2) is 0 Å². The number of nitrogens with one attached hydrogen (secondary N) is 1. The second kappa shape index (κ2) is 9.43. The van der Waals surface area contributed by atoms with Crippen molar-refractivity contribution in [2.45, 2.75) is 18.8 Å². The summed E-state index contributed by atoms with van der Waals surface area (Å²) in [6.07, 6.45) is 4.57. The number of hydrogen-bond acceptors (Lipinski definition) is 4. The van der Waals surface area contributed by atoms with Gasteiger partial charge in [0.25, 0.3) is 5.69 Å². The fourth-order valence-corrected chi connectivity index (χ4v) is 4.05. The number of benzene rings is 2. The average molecular weight is 428 g/mol. The molecule has 1 N–H and O–H groups in total. The van der Waals surface area contributed by atoms with Crippen LogP contribution in [0.5, 0.6) is 0 Å². The molecule has 0 saturated carbocycles. The smallest absolute Gasteiger partial charge is 0.269 e. The molecule has 0 fully saturated rings. The lowest BCUT2D eigenvalue weighted by molar-refractivity contribution is -0.384. The standard InChI is InChI=1S/C25H24N4O3/c1-28-17-23(21-10-2-3-11-24(21)28)22(18-7-6-9-20(15-18)29(31)32)16-25(30)27-14-12-19-8-4-5-13-26-19/h2-11,13,15,17,22H,12,14,16H2,1H3,(H,27,30)/t22-/m0/s1. The minimum Gasteiger partial charge on any atom is -0.356 e. The summed E-state index contributed by atoms with van der Waals surface area (Å²) < 4.78 is 2.02. The van der Waals surface area contributed by atoms with Crippen LogP contribution in [0.4, 0.5) is 5.69 Å². The molecule has 0 unspecified atom stereocenters. The van der Waals surface area contributed by atoms with Gasteiger partial charge in [0.05, 0.1) is 4.92 Å². The Hall–Kier alpha value is -4.00. The zero-order chi connectivity index (χ0) is 22.5. The molecule has 4 aromatic rings. The molecule has 0 bridgehead atoms. The van der Waals surface area contributed by atoms with E-state index in [4.69, 9.17) is 0 Å². The number of carbonyl (C=O) groups excluding carboxylic acids is 1. The normalized spacial score (nSPS) is 11.9. The van der Waals surface area contributed by atoms with Crippen LogP contribution in [0.2, 0.25) is 0 Å². The van der Waals surface area contributed by atoms with Crippen molar-refractivity contribution in [3.8, 4) is 0 Å². The van der Waals surface area contributed by atoms with E-state index in [0.717, 1.165) is 27.7 Å². The van der Waals surface area contributed by atoms with Gasteiger partial charge in [-0.3, -0.25) is 19.9 Å². The number of nitrogens with zero attached hydrogens (tertiary/aromatic N) is 3. The van der Waals surface area contributed by atoms with E-state index in [1.165, 1.54) is 6.07 Å². The van der Waals surface area contributed by atoms with Crippen molar-refractivity contribution in [3.05, 3.63) is 106 Å². The molecule has 2 aromatic carbocycles. The summed E-state index contributed by atoms with van der Waals surface area (Å²) >= 11 is 0. The highest BCUT2D eigenvalue weighted by Crippen LogP contribution is 2.35. The lowest BCUT2D eigenvalue weighted by Gasteiger charge is -2.17. The maximum Gasteiger partial charge on any atom is 0.269 e. The van der Waals surface area contributed by atoms with E-state index < -0.39 is 4.92 Å². The van der Waals surface area contributed by atoms with Crippen LogP contribution in [0.15, 0.2) is 79.1 Å². The molecule has 1 atom stereocenters. The zero-order valence-electron chi connectivity index (χ0n) is 17.8. The molecule has 0 spiro atoms. The number of aromatic nitrogens is 2. The Bertz CT molecular complexity index is 1250. The van der Waals surface area contributed by atoms with Crippen LogP contribution < -0.4 is 5.32 Å². The van der Waals surface area contributed by atoms with E-state index >= 15 is 0 Å². The summed E-state index contributed by atoms with van der Waals surface area (Å²) in [7, 11) is 1.96. The maximum absolute atomic E-state index is 12.9. The summed E-state index contributed by atoms with van der Waals surface area (Å²) in [6, 6.07) is 20.2. The minimum absolute atomic E-state index is 0.0169. The van der Waals surface area contributed by atoms with Gasteiger partial charge in [0.2, 0.25) is 5.91 Å².